The summed E-state index contributed by atoms with van der Waals surface area (Å²) in [5.74, 6) is 0.713. The minimum absolute atomic E-state index is 0. The van der Waals surface area contributed by atoms with Crippen molar-refractivity contribution >= 4 is 62.2 Å². The summed E-state index contributed by atoms with van der Waals surface area (Å²) < 4.78 is 25.1. The molecule has 0 unspecified atom stereocenters. The Morgan fingerprint density at radius 2 is 1.97 bits per heavy atom. The van der Waals surface area contributed by atoms with E-state index in [1.807, 2.05) is 13.0 Å². The Kier molecular flexibility index (Phi) is 8.93. The lowest BCUT2D eigenvalue weighted by molar-refractivity contribution is 0.600. The largest absolute Gasteiger partial charge is 0.357 e. The molecule has 0 saturated carbocycles. The van der Waals surface area contributed by atoms with Crippen molar-refractivity contribution in [1.29, 1.82) is 0 Å². The van der Waals surface area contributed by atoms with Crippen molar-refractivity contribution in [3.8, 4) is 0 Å². The van der Waals surface area contributed by atoms with Crippen LogP contribution in [0.5, 0.6) is 0 Å². The molecule has 3 aromatic rings. The fraction of sp³-hybridized carbons (Fsp3) is 0.316. The van der Waals surface area contributed by atoms with Crippen molar-refractivity contribution in [1.82, 2.24) is 15.2 Å². The van der Waals surface area contributed by atoms with Gasteiger partial charge in [-0.1, -0.05) is 18.2 Å². The third kappa shape index (κ3) is 6.69. The highest BCUT2D eigenvalue weighted by Gasteiger charge is 2.11. The highest BCUT2D eigenvalue weighted by atomic mass is 127. The van der Waals surface area contributed by atoms with Gasteiger partial charge >= 0.3 is 0 Å². The summed E-state index contributed by atoms with van der Waals surface area (Å²) in [5, 5.41) is 12.9. The number of sulfonamides is 1. The summed E-state index contributed by atoms with van der Waals surface area (Å²) in [4.78, 5) is 5.37. The van der Waals surface area contributed by atoms with Crippen LogP contribution in [0, 0.1) is 0 Å². The van der Waals surface area contributed by atoms with Crippen molar-refractivity contribution in [3.63, 3.8) is 0 Å². The van der Waals surface area contributed by atoms with E-state index >= 15 is 0 Å². The maximum atomic E-state index is 11.4. The number of aryl methyl sites for hydroxylation is 1. The molecule has 29 heavy (non-hydrogen) atoms. The van der Waals surface area contributed by atoms with Crippen molar-refractivity contribution in [3.05, 3.63) is 53.5 Å². The van der Waals surface area contributed by atoms with Crippen LogP contribution in [0.1, 0.15) is 18.2 Å². The Morgan fingerprint density at radius 1 is 1.17 bits per heavy atom. The Labute approximate surface area is 192 Å². The quantitative estimate of drug-likeness (QED) is 0.175. The predicted molar refractivity (Wildman–Crippen MR) is 130 cm³/mol. The lowest BCUT2D eigenvalue weighted by Crippen LogP contribution is -2.38. The van der Waals surface area contributed by atoms with Gasteiger partial charge in [0.2, 0.25) is 10.0 Å². The number of primary sulfonamides is 1. The van der Waals surface area contributed by atoms with Gasteiger partial charge in [-0.3, -0.25) is 0 Å². The molecule has 3 rings (SSSR count). The molecule has 7 nitrogen and oxygen atoms in total. The Morgan fingerprint density at radius 3 is 2.69 bits per heavy atom. The first-order valence-corrected chi connectivity index (χ1v) is 11.5. The van der Waals surface area contributed by atoms with E-state index in [0.29, 0.717) is 12.5 Å². The Hall–Kier alpha value is -1.63. The second-order valence-corrected chi connectivity index (χ2v) is 9.27. The number of benzene rings is 1. The van der Waals surface area contributed by atoms with Crippen LogP contribution in [0.15, 0.2) is 57.9 Å². The van der Waals surface area contributed by atoms with Crippen molar-refractivity contribution in [2.75, 3.05) is 13.1 Å². The van der Waals surface area contributed by atoms with Crippen molar-refractivity contribution < 1.29 is 8.42 Å². The Bertz CT molecular complexity index is 1060. The van der Waals surface area contributed by atoms with Crippen LogP contribution in [0.4, 0.5) is 0 Å². The molecule has 0 aliphatic rings. The zero-order valence-corrected chi connectivity index (χ0v) is 20.1. The van der Waals surface area contributed by atoms with Gasteiger partial charge in [0.05, 0.1) is 6.54 Å². The van der Waals surface area contributed by atoms with E-state index in [4.69, 9.17) is 5.14 Å². The van der Waals surface area contributed by atoms with E-state index < -0.39 is 10.0 Å². The van der Waals surface area contributed by atoms with E-state index in [1.165, 1.54) is 17.0 Å². The van der Waals surface area contributed by atoms with E-state index in [1.54, 1.807) is 6.07 Å². The molecular formula is C19H26IN5O2S2. The lowest BCUT2D eigenvalue weighted by Gasteiger charge is -2.11. The molecule has 2 heterocycles. The molecule has 0 aliphatic carbocycles. The zero-order valence-electron chi connectivity index (χ0n) is 16.2. The summed E-state index contributed by atoms with van der Waals surface area (Å²) in [5.41, 5.74) is 1.24. The maximum Gasteiger partial charge on any atom is 0.247 e. The lowest BCUT2D eigenvalue weighted by atomic mass is 10.2. The number of para-hydroxylation sites is 1. The molecule has 158 valence electrons. The molecule has 0 atom stereocenters. The standard InChI is InChI=1S/C19H25N5O2S2.HI/c1-2-21-19(23-14-16-8-9-18(27-16)28(20,25)26)22-11-5-12-24-13-10-15-6-3-4-7-17(15)24;/h3-4,6-10,13H,2,5,11-12,14H2,1H3,(H2,20,25,26)(H2,21,22,23);1H. The molecule has 0 saturated heterocycles. The summed E-state index contributed by atoms with van der Waals surface area (Å²) in [6, 6.07) is 13.7. The SMILES string of the molecule is CCNC(=NCc1ccc(S(N)(=O)=O)s1)NCCCn1ccc2ccccc21.I. The van der Waals surface area contributed by atoms with Crippen molar-refractivity contribution in [2.45, 2.75) is 30.6 Å². The molecule has 0 amide bonds. The van der Waals surface area contributed by atoms with Gasteiger partial charge in [-0.05, 0) is 43.0 Å². The number of fused-ring (bicyclic) bond motifs is 1. The van der Waals surface area contributed by atoms with Crippen LogP contribution in [-0.2, 0) is 23.1 Å². The molecule has 4 N–H and O–H groups in total. The highest BCUT2D eigenvalue weighted by molar-refractivity contribution is 14.0. The average Bonchev–Trinajstić information content (AvgIpc) is 3.30. The van der Waals surface area contributed by atoms with Crippen LogP contribution in [0.25, 0.3) is 10.9 Å². The summed E-state index contributed by atoms with van der Waals surface area (Å²) in [6.07, 6.45) is 3.07. The number of nitrogens with two attached hydrogens (primary N) is 1. The molecule has 0 radical (unpaired) electrons. The van der Waals surface area contributed by atoms with Crippen LogP contribution < -0.4 is 15.8 Å². The Balaban J connectivity index is 0.00000300. The first kappa shape index (κ1) is 23.6. The van der Waals surface area contributed by atoms with Crippen LogP contribution in [0.3, 0.4) is 0 Å². The number of halogens is 1. The minimum atomic E-state index is -3.65. The van der Waals surface area contributed by atoms with Gasteiger partial charge in [0, 0.05) is 36.2 Å². The third-order valence-electron chi connectivity index (χ3n) is 4.20. The van der Waals surface area contributed by atoms with Crippen LogP contribution in [0.2, 0.25) is 0 Å². The molecule has 0 spiro atoms. The monoisotopic (exact) mass is 547 g/mol. The first-order chi connectivity index (χ1) is 13.5. The van der Waals surface area contributed by atoms with Gasteiger partial charge in [0.15, 0.2) is 5.96 Å². The zero-order chi connectivity index (χ0) is 20.0. The topological polar surface area (TPSA) is 102 Å². The van der Waals surface area contributed by atoms with Gasteiger partial charge in [-0.2, -0.15) is 0 Å². The number of aromatic nitrogens is 1. The molecule has 10 heteroatoms. The van der Waals surface area contributed by atoms with E-state index in [-0.39, 0.29) is 28.2 Å². The second kappa shape index (κ2) is 11.0. The van der Waals surface area contributed by atoms with E-state index in [2.05, 4.69) is 50.7 Å². The maximum absolute atomic E-state index is 11.4. The second-order valence-electron chi connectivity index (χ2n) is 6.31. The summed E-state index contributed by atoms with van der Waals surface area (Å²) in [6.45, 7) is 4.86. The van der Waals surface area contributed by atoms with Crippen molar-refractivity contribution in [2.24, 2.45) is 10.1 Å². The van der Waals surface area contributed by atoms with Gasteiger partial charge in [-0.15, -0.1) is 35.3 Å². The van der Waals surface area contributed by atoms with Gasteiger partial charge in [0.1, 0.15) is 4.21 Å². The normalized spacial score (nSPS) is 12.0. The first-order valence-electron chi connectivity index (χ1n) is 9.15. The van der Waals surface area contributed by atoms with E-state index in [0.717, 1.165) is 42.3 Å². The summed E-state index contributed by atoms with van der Waals surface area (Å²) in [7, 11) is -3.65. The number of hydrogen-bond donors (Lipinski definition) is 3. The fourth-order valence-electron chi connectivity index (χ4n) is 2.89. The number of nitrogens with one attached hydrogen (secondary N) is 2. The molecular weight excluding hydrogens is 521 g/mol. The molecule has 0 fully saturated rings. The van der Waals surface area contributed by atoms with Gasteiger partial charge in [0.25, 0.3) is 0 Å². The third-order valence-corrected chi connectivity index (χ3v) is 6.71. The van der Waals surface area contributed by atoms with Crippen LogP contribution >= 0.6 is 35.3 Å². The molecule has 0 aliphatic heterocycles. The number of guanidine groups is 1. The predicted octanol–water partition coefficient (Wildman–Crippen LogP) is 3.11. The average molecular weight is 547 g/mol. The number of aliphatic imine (C=N–C) groups is 1. The molecule has 2 aromatic heterocycles. The van der Waals surface area contributed by atoms with E-state index in [9.17, 15) is 8.42 Å². The number of nitrogens with zero attached hydrogens (tertiary/aromatic N) is 2. The number of thiophene rings is 1. The van der Waals surface area contributed by atoms with Crippen LogP contribution in [-0.4, -0.2) is 32.0 Å². The molecule has 1 aromatic carbocycles. The minimum Gasteiger partial charge on any atom is -0.357 e. The number of hydrogen-bond acceptors (Lipinski definition) is 4. The van der Waals surface area contributed by atoms with Gasteiger partial charge in [-0.25, -0.2) is 18.5 Å². The smallest absolute Gasteiger partial charge is 0.247 e. The summed E-state index contributed by atoms with van der Waals surface area (Å²) >= 11 is 1.15. The fourth-order valence-corrected chi connectivity index (χ4v) is 4.59. The van der Waals surface area contributed by atoms with Gasteiger partial charge < -0.3 is 15.2 Å². The number of rotatable bonds is 8. The molecule has 0 bridgehead atoms. The highest BCUT2D eigenvalue weighted by Crippen LogP contribution is 2.20.